The lowest BCUT2D eigenvalue weighted by molar-refractivity contribution is -0.0705. The summed E-state index contributed by atoms with van der Waals surface area (Å²) in [6, 6.07) is 10.8. The van der Waals surface area contributed by atoms with Crippen molar-refractivity contribution >= 4 is 21.8 Å². The monoisotopic (exact) mass is 347 g/mol. The van der Waals surface area contributed by atoms with Crippen LogP contribution in [0.2, 0.25) is 0 Å². The molecule has 3 aromatic rings. The number of ether oxygens (including phenoxy) is 2. The average molecular weight is 347 g/mol. The lowest BCUT2D eigenvalue weighted by Gasteiger charge is -2.51. The third-order valence-electron chi connectivity index (χ3n) is 7.40. The molecule has 1 aliphatic carbocycles. The lowest BCUT2D eigenvalue weighted by atomic mass is 9.59. The van der Waals surface area contributed by atoms with Gasteiger partial charge >= 0.3 is 0 Å². The van der Waals surface area contributed by atoms with E-state index < -0.39 is 0 Å². The molecule has 0 amide bonds. The molecule has 4 atom stereocenters. The molecule has 1 saturated heterocycles. The van der Waals surface area contributed by atoms with Crippen molar-refractivity contribution < 1.29 is 9.47 Å². The van der Waals surface area contributed by atoms with Crippen LogP contribution < -0.4 is 4.74 Å². The maximum Gasteiger partial charge on any atom is 0.131 e. The highest BCUT2D eigenvalue weighted by Gasteiger charge is 2.65. The molecular formula is C23H25NO2. The zero-order chi connectivity index (χ0) is 17.8. The van der Waals surface area contributed by atoms with E-state index in [1.165, 1.54) is 32.9 Å². The molecule has 3 heterocycles. The van der Waals surface area contributed by atoms with Gasteiger partial charge in [-0.1, -0.05) is 32.0 Å². The molecule has 3 heteroatoms. The molecule has 2 fully saturated rings. The standard InChI is InChI=1S/C23H25NO2/c1-12-11-14-13-7-5-6-8-15(13)24-18(14)17-19(12)26-23(4)10-9-16-22(2,3)21(23)20(17)25-16/h5-8,11,16,20-21,24H,9-10H2,1-4H3/t16-,20+,21-,23+/m1/s1. The Morgan fingerprint density at radius 3 is 2.77 bits per heavy atom. The van der Waals surface area contributed by atoms with E-state index in [-0.39, 0.29) is 17.1 Å². The first kappa shape index (κ1) is 15.1. The molecule has 2 aliphatic heterocycles. The molecule has 26 heavy (non-hydrogen) atoms. The second-order valence-corrected chi connectivity index (χ2v) is 9.33. The van der Waals surface area contributed by atoms with E-state index in [1.807, 2.05) is 0 Å². The summed E-state index contributed by atoms with van der Waals surface area (Å²) in [6.07, 6.45) is 2.59. The van der Waals surface area contributed by atoms with E-state index >= 15 is 0 Å². The van der Waals surface area contributed by atoms with Crippen LogP contribution in [-0.4, -0.2) is 16.7 Å². The summed E-state index contributed by atoms with van der Waals surface area (Å²) in [5.41, 5.74) is 4.84. The van der Waals surface area contributed by atoms with Gasteiger partial charge in [0, 0.05) is 33.2 Å². The van der Waals surface area contributed by atoms with Crippen molar-refractivity contribution in [3.05, 3.63) is 41.5 Å². The van der Waals surface area contributed by atoms with Crippen molar-refractivity contribution in [1.82, 2.24) is 4.98 Å². The van der Waals surface area contributed by atoms with Crippen molar-refractivity contribution in [2.75, 3.05) is 0 Å². The predicted molar refractivity (Wildman–Crippen MR) is 104 cm³/mol. The highest BCUT2D eigenvalue weighted by molar-refractivity contribution is 6.09. The van der Waals surface area contributed by atoms with Gasteiger partial charge in [-0.15, -0.1) is 0 Å². The SMILES string of the molecule is Cc1cc2c([nH]c3ccccc32)c2c1O[C@@]1(C)CC[C@H]3O[C@@H]2[C@@H]1C3(C)C. The summed E-state index contributed by atoms with van der Waals surface area (Å²) in [5.74, 6) is 1.43. The van der Waals surface area contributed by atoms with Gasteiger partial charge in [0.1, 0.15) is 11.4 Å². The number of H-pyrrole nitrogens is 1. The third-order valence-corrected chi connectivity index (χ3v) is 7.40. The van der Waals surface area contributed by atoms with Gasteiger partial charge in [-0.2, -0.15) is 0 Å². The number of rotatable bonds is 0. The van der Waals surface area contributed by atoms with Crippen LogP contribution in [0.4, 0.5) is 0 Å². The summed E-state index contributed by atoms with van der Waals surface area (Å²) in [6.45, 7) is 9.21. The van der Waals surface area contributed by atoms with Gasteiger partial charge in [0.2, 0.25) is 0 Å². The number of nitrogens with one attached hydrogen (secondary N) is 1. The summed E-state index contributed by atoms with van der Waals surface area (Å²) in [5, 5.41) is 2.56. The Morgan fingerprint density at radius 1 is 1.12 bits per heavy atom. The Bertz CT molecular complexity index is 1080. The van der Waals surface area contributed by atoms with Crippen LogP contribution in [0.15, 0.2) is 30.3 Å². The number of hydrogen-bond donors (Lipinski definition) is 1. The minimum absolute atomic E-state index is 0.113. The Labute approximate surface area is 153 Å². The Hall–Kier alpha value is -2.00. The second-order valence-electron chi connectivity index (χ2n) is 9.33. The molecule has 0 spiro atoms. The largest absolute Gasteiger partial charge is 0.486 e. The zero-order valence-corrected chi connectivity index (χ0v) is 15.8. The first-order valence-corrected chi connectivity index (χ1v) is 9.78. The van der Waals surface area contributed by atoms with E-state index in [0.29, 0.717) is 12.0 Å². The number of aryl methyl sites for hydroxylation is 1. The van der Waals surface area contributed by atoms with Gasteiger partial charge in [-0.05, 0) is 44.4 Å². The first-order valence-electron chi connectivity index (χ1n) is 9.78. The van der Waals surface area contributed by atoms with Gasteiger partial charge in [-0.3, -0.25) is 0 Å². The van der Waals surface area contributed by atoms with Crippen LogP contribution in [0.1, 0.15) is 50.8 Å². The topological polar surface area (TPSA) is 34.2 Å². The summed E-state index contributed by atoms with van der Waals surface area (Å²) >= 11 is 0. The van der Waals surface area contributed by atoms with Crippen LogP contribution in [0.3, 0.4) is 0 Å². The van der Waals surface area contributed by atoms with Crippen molar-refractivity contribution in [3.8, 4) is 5.75 Å². The van der Waals surface area contributed by atoms with E-state index in [4.69, 9.17) is 9.47 Å². The predicted octanol–water partition coefficient (Wildman–Crippen LogP) is 5.66. The molecule has 2 aromatic carbocycles. The van der Waals surface area contributed by atoms with Crippen LogP contribution in [0, 0.1) is 18.3 Å². The molecule has 6 rings (SSSR count). The van der Waals surface area contributed by atoms with Crippen molar-refractivity contribution in [1.29, 1.82) is 0 Å². The molecular weight excluding hydrogens is 322 g/mol. The van der Waals surface area contributed by atoms with Gasteiger partial charge in [0.25, 0.3) is 0 Å². The summed E-state index contributed by atoms with van der Waals surface area (Å²) in [4.78, 5) is 3.68. The number of aromatic amines is 1. The molecule has 3 nitrogen and oxygen atoms in total. The Balaban J connectivity index is 1.72. The fourth-order valence-corrected chi connectivity index (χ4v) is 6.27. The van der Waals surface area contributed by atoms with Crippen LogP contribution in [0.25, 0.3) is 21.8 Å². The summed E-state index contributed by atoms with van der Waals surface area (Å²) < 4.78 is 13.5. The smallest absolute Gasteiger partial charge is 0.131 e. The molecule has 1 saturated carbocycles. The van der Waals surface area contributed by atoms with Gasteiger partial charge in [0.15, 0.2) is 0 Å². The van der Waals surface area contributed by atoms with Crippen LogP contribution in [0.5, 0.6) is 5.75 Å². The highest BCUT2D eigenvalue weighted by atomic mass is 16.5. The van der Waals surface area contributed by atoms with E-state index in [1.54, 1.807) is 0 Å². The Kier molecular flexibility index (Phi) is 2.59. The number of para-hydroxylation sites is 1. The minimum atomic E-state index is -0.140. The number of hydrogen-bond acceptors (Lipinski definition) is 2. The number of benzene rings is 2. The van der Waals surface area contributed by atoms with Gasteiger partial charge in [-0.25, -0.2) is 0 Å². The van der Waals surface area contributed by atoms with Crippen molar-refractivity contribution in [2.24, 2.45) is 11.3 Å². The van der Waals surface area contributed by atoms with Gasteiger partial charge < -0.3 is 14.5 Å². The molecule has 3 aliphatic rings. The minimum Gasteiger partial charge on any atom is -0.486 e. The van der Waals surface area contributed by atoms with Crippen molar-refractivity contribution in [2.45, 2.75) is 58.3 Å². The van der Waals surface area contributed by atoms with E-state index in [0.717, 1.165) is 18.6 Å². The average Bonchev–Trinajstić information content (AvgIpc) is 3.04. The normalized spacial score (nSPS) is 34.1. The molecule has 0 radical (unpaired) electrons. The van der Waals surface area contributed by atoms with Crippen LogP contribution in [-0.2, 0) is 4.74 Å². The molecule has 1 aromatic heterocycles. The second kappa shape index (κ2) is 4.45. The lowest BCUT2D eigenvalue weighted by Crippen LogP contribution is -2.54. The Morgan fingerprint density at radius 2 is 1.92 bits per heavy atom. The van der Waals surface area contributed by atoms with Crippen molar-refractivity contribution in [3.63, 3.8) is 0 Å². The van der Waals surface area contributed by atoms with Crippen LogP contribution >= 0.6 is 0 Å². The number of aromatic nitrogens is 1. The highest BCUT2D eigenvalue weighted by Crippen LogP contribution is 2.65. The fourth-order valence-electron chi connectivity index (χ4n) is 6.27. The first-order chi connectivity index (χ1) is 12.4. The van der Waals surface area contributed by atoms with E-state index in [9.17, 15) is 0 Å². The maximum absolute atomic E-state index is 6.79. The quantitative estimate of drug-likeness (QED) is 0.569. The molecule has 134 valence electrons. The fraction of sp³-hybridized carbons (Fsp3) is 0.478. The summed E-state index contributed by atoms with van der Waals surface area (Å²) in [7, 11) is 0. The molecule has 1 N–H and O–H groups in total. The maximum atomic E-state index is 6.79. The number of fused-ring (bicyclic) bond motifs is 7. The van der Waals surface area contributed by atoms with E-state index in [2.05, 4.69) is 63.0 Å². The third kappa shape index (κ3) is 1.59. The molecule has 0 unspecified atom stereocenters. The molecule has 2 bridgehead atoms. The van der Waals surface area contributed by atoms with Gasteiger partial charge in [0.05, 0.1) is 17.7 Å². The zero-order valence-electron chi connectivity index (χ0n) is 15.8.